The van der Waals surface area contributed by atoms with Crippen LogP contribution in [0.2, 0.25) is 0 Å². The van der Waals surface area contributed by atoms with Crippen LogP contribution in [0.25, 0.3) is 0 Å². The summed E-state index contributed by atoms with van der Waals surface area (Å²) in [7, 11) is 0. The van der Waals surface area contributed by atoms with Gasteiger partial charge in [-0.1, -0.05) is 0 Å². The number of nitrogens with zero attached hydrogens (tertiary/aromatic N) is 1. The maximum Gasteiger partial charge on any atom is 0.411 e. The number of hydrogen-bond donors (Lipinski definition) is 1. The van der Waals surface area contributed by atoms with Crippen LogP contribution in [0.4, 0.5) is 13.2 Å². The van der Waals surface area contributed by atoms with Gasteiger partial charge in [-0.05, 0) is 22.6 Å². The molecule has 15 heavy (non-hydrogen) atoms. The lowest BCUT2D eigenvalue weighted by Gasteiger charge is -2.06. The Balaban J connectivity index is 2.52. The highest BCUT2D eigenvalue weighted by Gasteiger charge is 2.27. The standard InChI is InChI=1S/C7H6F3IN2O2/c8-7(9,10)3-15-2-5-12-1-4(11)6(14)13-5/h1H,2-3H2,(H,12,13,14). The zero-order valence-corrected chi connectivity index (χ0v) is 9.42. The summed E-state index contributed by atoms with van der Waals surface area (Å²) in [6.45, 7) is -1.73. The van der Waals surface area contributed by atoms with Gasteiger partial charge in [0, 0.05) is 6.20 Å². The molecule has 0 unspecified atom stereocenters. The van der Waals surface area contributed by atoms with Crippen LogP contribution in [-0.4, -0.2) is 22.8 Å². The third-order valence-corrected chi connectivity index (χ3v) is 2.08. The molecule has 0 aliphatic heterocycles. The highest BCUT2D eigenvalue weighted by molar-refractivity contribution is 14.1. The molecule has 0 aliphatic carbocycles. The van der Waals surface area contributed by atoms with Crippen molar-refractivity contribution in [3.8, 4) is 0 Å². The van der Waals surface area contributed by atoms with E-state index in [2.05, 4.69) is 14.7 Å². The fourth-order valence-electron chi connectivity index (χ4n) is 0.753. The lowest BCUT2D eigenvalue weighted by Crippen LogP contribution is -2.19. The summed E-state index contributed by atoms with van der Waals surface area (Å²) in [4.78, 5) is 17.0. The maximum atomic E-state index is 11.7. The number of aromatic nitrogens is 2. The summed E-state index contributed by atoms with van der Waals surface area (Å²) < 4.78 is 39.7. The molecule has 0 radical (unpaired) electrons. The van der Waals surface area contributed by atoms with Gasteiger partial charge in [0.15, 0.2) is 0 Å². The first-order valence-corrected chi connectivity index (χ1v) is 4.84. The summed E-state index contributed by atoms with van der Waals surface area (Å²) in [6, 6.07) is 0. The molecule has 84 valence electrons. The second-order valence-corrected chi connectivity index (χ2v) is 3.78. The van der Waals surface area contributed by atoms with Crippen LogP contribution < -0.4 is 5.56 Å². The summed E-state index contributed by atoms with van der Waals surface area (Å²) >= 11 is 1.76. The van der Waals surface area contributed by atoms with E-state index in [4.69, 9.17) is 0 Å². The van der Waals surface area contributed by atoms with E-state index in [-0.39, 0.29) is 12.4 Å². The minimum absolute atomic E-state index is 0.0738. The lowest BCUT2D eigenvalue weighted by atomic mass is 10.5. The molecule has 0 aliphatic rings. The quantitative estimate of drug-likeness (QED) is 0.852. The van der Waals surface area contributed by atoms with Crippen molar-refractivity contribution >= 4 is 22.6 Å². The molecule has 0 aromatic carbocycles. The van der Waals surface area contributed by atoms with Crippen LogP contribution in [0.5, 0.6) is 0 Å². The van der Waals surface area contributed by atoms with Crippen molar-refractivity contribution in [2.24, 2.45) is 0 Å². The number of halogens is 4. The van der Waals surface area contributed by atoms with Crippen molar-refractivity contribution in [1.82, 2.24) is 9.97 Å². The van der Waals surface area contributed by atoms with Crippen LogP contribution in [0.15, 0.2) is 11.0 Å². The Labute approximate surface area is 96.0 Å². The fourth-order valence-corrected chi connectivity index (χ4v) is 1.03. The van der Waals surface area contributed by atoms with Gasteiger partial charge in [-0.3, -0.25) is 4.79 Å². The molecule has 0 spiro atoms. The van der Waals surface area contributed by atoms with Crippen molar-refractivity contribution in [3.63, 3.8) is 0 Å². The molecule has 1 N–H and O–H groups in total. The van der Waals surface area contributed by atoms with E-state index in [0.717, 1.165) is 0 Å². The van der Waals surface area contributed by atoms with Gasteiger partial charge >= 0.3 is 6.18 Å². The van der Waals surface area contributed by atoms with Gasteiger partial charge in [0.1, 0.15) is 19.0 Å². The van der Waals surface area contributed by atoms with E-state index in [1.54, 1.807) is 22.6 Å². The van der Waals surface area contributed by atoms with E-state index < -0.39 is 18.3 Å². The Morgan fingerprint density at radius 3 is 2.73 bits per heavy atom. The number of ether oxygens (including phenoxy) is 1. The minimum Gasteiger partial charge on any atom is -0.364 e. The van der Waals surface area contributed by atoms with Gasteiger partial charge in [-0.15, -0.1) is 0 Å². The smallest absolute Gasteiger partial charge is 0.364 e. The maximum absolute atomic E-state index is 11.7. The zero-order valence-electron chi connectivity index (χ0n) is 7.27. The van der Waals surface area contributed by atoms with E-state index in [1.165, 1.54) is 6.20 Å². The molecule has 4 nitrogen and oxygen atoms in total. The molecular formula is C7H6F3IN2O2. The van der Waals surface area contributed by atoms with Crippen molar-refractivity contribution in [1.29, 1.82) is 0 Å². The molecule has 0 saturated heterocycles. The molecule has 0 atom stereocenters. The van der Waals surface area contributed by atoms with Crippen molar-refractivity contribution in [3.05, 3.63) is 25.9 Å². The first-order valence-electron chi connectivity index (χ1n) is 3.76. The predicted molar refractivity (Wildman–Crippen MR) is 53.3 cm³/mol. The molecule has 1 aromatic rings. The Morgan fingerprint density at radius 1 is 1.53 bits per heavy atom. The first kappa shape index (κ1) is 12.4. The molecule has 1 rings (SSSR count). The van der Waals surface area contributed by atoms with E-state index in [0.29, 0.717) is 3.57 Å². The highest BCUT2D eigenvalue weighted by atomic mass is 127. The number of alkyl halides is 3. The van der Waals surface area contributed by atoms with Gasteiger partial charge in [-0.25, -0.2) is 4.98 Å². The average molecular weight is 334 g/mol. The number of aromatic amines is 1. The minimum atomic E-state index is -4.37. The fraction of sp³-hybridized carbons (Fsp3) is 0.429. The van der Waals surface area contributed by atoms with Gasteiger partial charge in [-0.2, -0.15) is 13.2 Å². The molecule has 0 bridgehead atoms. The average Bonchev–Trinajstić information content (AvgIpc) is 2.09. The number of rotatable bonds is 3. The van der Waals surface area contributed by atoms with Crippen molar-refractivity contribution in [2.75, 3.05) is 6.61 Å². The molecular weight excluding hydrogens is 328 g/mol. The summed E-state index contributed by atoms with van der Waals surface area (Å²) in [5.41, 5.74) is -0.392. The summed E-state index contributed by atoms with van der Waals surface area (Å²) in [5.74, 6) is 0.0738. The highest BCUT2D eigenvalue weighted by Crippen LogP contribution is 2.14. The molecule has 8 heteroatoms. The van der Waals surface area contributed by atoms with Gasteiger partial charge in [0.25, 0.3) is 5.56 Å². The van der Waals surface area contributed by atoms with Crippen molar-refractivity contribution < 1.29 is 17.9 Å². The Morgan fingerprint density at radius 2 is 2.20 bits per heavy atom. The van der Waals surface area contributed by atoms with Crippen LogP contribution >= 0.6 is 22.6 Å². The summed E-state index contributed by atoms with van der Waals surface area (Å²) in [5, 5.41) is 0. The second-order valence-electron chi connectivity index (χ2n) is 2.61. The van der Waals surface area contributed by atoms with Crippen LogP contribution in [-0.2, 0) is 11.3 Å². The van der Waals surface area contributed by atoms with Crippen LogP contribution in [0.3, 0.4) is 0 Å². The molecule has 1 aromatic heterocycles. The van der Waals surface area contributed by atoms with Crippen molar-refractivity contribution in [2.45, 2.75) is 12.8 Å². The van der Waals surface area contributed by atoms with E-state index in [9.17, 15) is 18.0 Å². The normalized spacial score (nSPS) is 11.7. The monoisotopic (exact) mass is 334 g/mol. The van der Waals surface area contributed by atoms with Gasteiger partial charge in [0.05, 0.1) is 3.57 Å². The molecule has 0 amide bonds. The second kappa shape index (κ2) is 4.92. The summed E-state index contributed by atoms with van der Waals surface area (Å²) in [6.07, 6.45) is -3.10. The lowest BCUT2D eigenvalue weighted by molar-refractivity contribution is -0.177. The third kappa shape index (κ3) is 4.60. The SMILES string of the molecule is O=c1[nH]c(COCC(F)(F)F)ncc1I. The zero-order chi connectivity index (χ0) is 11.5. The van der Waals surface area contributed by atoms with E-state index >= 15 is 0 Å². The van der Waals surface area contributed by atoms with Crippen LogP contribution in [0.1, 0.15) is 5.82 Å². The first-order chi connectivity index (χ1) is 6.88. The number of H-pyrrole nitrogens is 1. The molecule has 1 heterocycles. The number of hydrogen-bond acceptors (Lipinski definition) is 3. The topological polar surface area (TPSA) is 55.0 Å². The Bertz CT molecular complexity index is 391. The Hall–Kier alpha value is -0.640. The third-order valence-electron chi connectivity index (χ3n) is 1.31. The largest absolute Gasteiger partial charge is 0.411 e. The van der Waals surface area contributed by atoms with E-state index in [1.807, 2.05) is 0 Å². The van der Waals surface area contributed by atoms with Gasteiger partial charge in [0.2, 0.25) is 0 Å². The molecule has 0 saturated carbocycles. The Kier molecular flexibility index (Phi) is 4.08. The van der Waals surface area contributed by atoms with Crippen LogP contribution in [0, 0.1) is 3.57 Å². The number of nitrogens with one attached hydrogen (secondary N) is 1. The van der Waals surface area contributed by atoms with Gasteiger partial charge < -0.3 is 9.72 Å². The molecule has 0 fully saturated rings. The predicted octanol–water partition coefficient (Wildman–Crippen LogP) is 1.45.